The summed E-state index contributed by atoms with van der Waals surface area (Å²) in [6, 6.07) is 14.3. The summed E-state index contributed by atoms with van der Waals surface area (Å²) in [6.45, 7) is 3.17. The number of para-hydroxylation sites is 2. The minimum absolute atomic E-state index is 0.0343. The first-order chi connectivity index (χ1) is 17.3. The maximum absolute atomic E-state index is 13.2. The minimum Gasteiger partial charge on any atom is -0.495 e. The highest BCUT2D eigenvalue weighted by Crippen LogP contribution is 2.26. The first-order valence-electron chi connectivity index (χ1n) is 10.6. The number of nitrogens with zero attached hydrogens (tertiary/aromatic N) is 4. The SMILES string of the molecule is COc1ccccc1NC(=O)C(=N\Nc1ccc(C)cc1[N+](=O)[O-])/C(C)=N/NC(=O)c1ccncc1. The quantitative estimate of drug-likeness (QED) is 0.235. The van der Waals surface area contributed by atoms with Gasteiger partial charge in [-0.3, -0.25) is 30.1 Å². The lowest BCUT2D eigenvalue weighted by Gasteiger charge is -2.12. The smallest absolute Gasteiger partial charge is 0.294 e. The minimum atomic E-state index is -0.693. The number of benzene rings is 2. The predicted molar refractivity (Wildman–Crippen MR) is 135 cm³/mol. The average molecular weight is 489 g/mol. The number of ether oxygens (including phenoxy) is 1. The molecule has 0 saturated carbocycles. The van der Waals surface area contributed by atoms with Crippen molar-refractivity contribution in [2.45, 2.75) is 13.8 Å². The molecule has 184 valence electrons. The van der Waals surface area contributed by atoms with Gasteiger partial charge >= 0.3 is 0 Å². The van der Waals surface area contributed by atoms with E-state index < -0.39 is 16.7 Å². The van der Waals surface area contributed by atoms with Gasteiger partial charge in [0.2, 0.25) is 0 Å². The van der Waals surface area contributed by atoms with E-state index in [2.05, 4.69) is 31.4 Å². The van der Waals surface area contributed by atoms with Crippen molar-refractivity contribution < 1.29 is 19.2 Å². The molecule has 0 fully saturated rings. The van der Waals surface area contributed by atoms with Crippen LogP contribution in [0.2, 0.25) is 0 Å². The van der Waals surface area contributed by atoms with E-state index in [0.717, 1.165) is 0 Å². The van der Waals surface area contributed by atoms with Gasteiger partial charge in [0.15, 0.2) is 5.71 Å². The van der Waals surface area contributed by atoms with Crippen LogP contribution in [-0.2, 0) is 4.79 Å². The molecule has 36 heavy (non-hydrogen) atoms. The number of amides is 2. The Kier molecular flexibility index (Phi) is 8.38. The molecule has 0 unspecified atom stereocenters. The number of aryl methyl sites for hydroxylation is 1. The molecule has 3 rings (SSSR count). The second-order valence-corrected chi connectivity index (χ2v) is 7.38. The van der Waals surface area contributed by atoms with Crippen LogP contribution in [0.3, 0.4) is 0 Å². The number of anilines is 2. The third-order valence-corrected chi connectivity index (χ3v) is 4.82. The molecule has 0 aliphatic heterocycles. The predicted octanol–water partition coefficient (Wildman–Crippen LogP) is 3.52. The van der Waals surface area contributed by atoms with Gasteiger partial charge in [-0.1, -0.05) is 18.2 Å². The average Bonchev–Trinajstić information content (AvgIpc) is 2.88. The van der Waals surface area contributed by atoms with Gasteiger partial charge in [-0.25, -0.2) is 5.43 Å². The third kappa shape index (κ3) is 6.47. The van der Waals surface area contributed by atoms with Crippen molar-refractivity contribution >= 4 is 40.3 Å². The van der Waals surface area contributed by atoms with Gasteiger partial charge in [0.05, 0.1) is 23.4 Å². The van der Waals surface area contributed by atoms with E-state index in [9.17, 15) is 19.7 Å². The molecule has 0 aliphatic carbocycles. The van der Waals surface area contributed by atoms with E-state index in [-0.39, 0.29) is 22.8 Å². The van der Waals surface area contributed by atoms with Crippen LogP contribution in [0, 0.1) is 17.0 Å². The number of nitro benzene ring substituents is 1. The number of methoxy groups -OCH3 is 1. The Labute approximate surface area is 206 Å². The number of aromatic nitrogens is 1. The van der Waals surface area contributed by atoms with E-state index in [0.29, 0.717) is 22.6 Å². The van der Waals surface area contributed by atoms with Crippen LogP contribution in [0.25, 0.3) is 0 Å². The number of carbonyl (C=O) groups excluding carboxylic acids is 2. The highest BCUT2D eigenvalue weighted by Gasteiger charge is 2.20. The molecule has 0 saturated heterocycles. The third-order valence-electron chi connectivity index (χ3n) is 4.82. The number of hydrogen-bond acceptors (Lipinski definition) is 9. The first-order valence-corrected chi connectivity index (χ1v) is 10.6. The van der Waals surface area contributed by atoms with E-state index in [4.69, 9.17) is 4.74 Å². The van der Waals surface area contributed by atoms with Gasteiger partial charge in [0.1, 0.15) is 11.4 Å². The van der Waals surface area contributed by atoms with E-state index in [1.165, 1.54) is 50.7 Å². The molecule has 3 aromatic rings. The summed E-state index contributed by atoms with van der Waals surface area (Å²) in [4.78, 5) is 40.3. The van der Waals surface area contributed by atoms with Crippen LogP contribution in [-0.4, -0.2) is 40.3 Å². The van der Waals surface area contributed by atoms with Crippen LogP contribution in [0.5, 0.6) is 5.75 Å². The maximum atomic E-state index is 13.2. The normalized spacial score (nSPS) is 11.4. The van der Waals surface area contributed by atoms with Crippen LogP contribution >= 0.6 is 0 Å². The van der Waals surface area contributed by atoms with Crippen molar-refractivity contribution in [1.82, 2.24) is 10.4 Å². The van der Waals surface area contributed by atoms with Crippen molar-refractivity contribution in [3.05, 3.63) is 88.2 Å². The highest BCUT2D eigenvalue weighted by molar-refractivity contribution is 6.68. The van der Waals surface area contributed by atoms with Crippen LogP contribution < -0.4 is 20.9 Å². The van der Waals surface area contributed by atoms with Crippen molar-refractivity contribution in [1.29, 1.82) is 0 Å². The van der Waals surface area contributed by atoms with Gasteiger partial charge in [-0.15, -0.1) is 0 Å². The number of carbonyl (C=O) groups is 2. The first kappa shape index (κ1) is 25.5. The zero-order valence-corrected chi connectivity index (χ0v) is 19.7. The molecule has 0 radical (unpaired) electrons. The molecule has 2 amide bonds. The lowest BCUT2D eigenvalue weighted by molar-refractivity contribution is -0.384. The number of hydrazone groups is 2. The molecule has 12 nitrogen and oxygen atoms in total. The molecule has 1 aromatic heterocycles. The Morgan fingerprint density at radius 3 is 2.44 bits per heavy atom. The largest absolute Gasteiger partial charge is 0.495 e. The molecule has 0 bridgehead atoms. The number of nitro groups is 1. The number of nitrogens with one attached hydrogen (secondary N) is 3. The fourth-order valence-electron chi connectivity index (χ4n) is 2.98. The molecule has 0 atom stereocenters. The zero-order valence-electron chi connectivity index (χ0n) is 19.7. The number of hydrogen-bond donors (Lipinski definition) is 3. The van der Waals surface area contributed by atoms with Crippen LogP contribution in [0.4, 0.5) is 17.1 Å². The summed E-state index contributed by atoms with van der Waals surface area (Å²) in [5.74, 6) is -0.808. The van der Waals surface area contributed by atoms with Gasteiger partial charge in [-0.05, 0) is 49.7 Å². The summed E-state index contributed by atoms with van der Waals surface area (Å²) in [7, 11) is 1.46. The Hall–Kier alpha value is -5.13. The van der Waals surface area contributed by atoms with Crippen molar-refractivity contribution in [3.8, 4) is 5.75 Å². The van der Waals surface area contributed by atoms with Gasteiger partial charge in [-0.2, -0.15) is 10.2 Å². The molecule has 1 heterocycles. The molecule has 0 aliphatic rings. The lowest BCUT2D eigenvalue weighted by atomic mass is 10.2. The fraction of sp³-hybridized carbons (Fsp3) is 0.125. The molecule has 3 N–H and O–H groups in total. The van der Waals surface area contributed by atoms with Gasteiger partial charge in [0, 0.05) is 24.0 Å². The lowest BCUT2D eigenvalue weighted by Crippen LogP contribution is -2.32. The summed E-state index contributed by atoms with van der Waals surface area (Å²) in [5.41, 5.74) is 5.94. The Balaban J connectivity index is 1.93. The van der Waals surface area contributed by atoms with E-state index >= 15 is 0 Å². The molecular weight excluding hydrogens is 466 g/mol. The second kappa shape index (κ2) is 11.8. The monoisotopic (exact) mass is 489 g/mol. The second-order valence-electron chi connectivity index (χ2n) is 7.38. The summed E-state index contributed by atoms with van der Waals surface area (Å²) in [6.07, 6.45) is 2.91. The Bertz CT molecular complexity index is 1340. The Morgan fingerprint density at radius 2 is 1.75 bits per heavy atom. The maximum Gasteiger partial charge on any atom is 0.294 e. The Morgan fingerprint density at radius 1 is 1.03 bits per heavy atom. The van der Waals surface area contributed by atoms with Crippen LogP contribution in [0.1, 0.15) is 22.8 Å². The molecule has 0 spiro atoms. The van der Waals surface area contributed by atoms with E-state index in [1.807, 2.05) is 0 Å². The zero-order chi connectivity index (χ0) is 26.1. The van der Waals surface area contributed by atoms with E-state index in [1.54, 1.807) is 37.3 Å². The highest BCUT2D eigenvalue weighted by atomic mass is 16.6. The molecule has 12 heteroatoms. The number of pyridine rings is 1. The fourth-order valence-corrected chi connectivity index (χ4v) is 2.98. The van der Waals surface area contributed by atoms with Crippen molar-refractivity contribution in [2.75, 3.05) is 17.9 Å². The van der Waals surface area contributed by atoms with Gasteiger partial charge in [0.25, 0.3) is 17.5 Å². The van der Waals surface area contributed by atoms with Crippen molar-refractivity contribution in [3.63, 3.8) is 0 Å². The van der Waals surface area contributed by atoms with Gasteiger partial charge < -0.3 is 10.1 Å². The summed E-state index contributed by atoms with van der Waals surface area (Å²) < 4.78 is 5.26. The summed E-state index contributed by atoms with van der Waals surface area (Å²) >= 11 is 0. The molecular formula is C24H23N7O5. The van der Waals surface area contributed by atoms with Crippen LogP contribution in [0.15, 0.2) is 77.2 Å². The van der Waals surface area contributed by atoms with Crippen molar-refractivity contribution in [2.24, 2.45) is 10.2 Å². The molecule has 2 aromatic carbocycles. The topological polar surface area (TPSA) is 160 Å². The standard InChI is InChI=1S/C24H23N7O5/c1-15-8-9-18(20(14-15)31(34)35)28-29-22(24(33)26-19-6-4-5-7-21(19)36-3)16(2)27-30-23(32)17-10-12-25-13-11-17/h4-14,28H,1-3H3,(H,26,33)(H,30,32)/b27-16+,29-22-. The summed E-state index contributed by atoms with van der Waals surface area (Å²) in [5, 5.41) is 22.2. The number of rotatable bonds is 9.